The standard InChI is InChI=1S/C13H14FN3O/c1-8-5-11(15)13(16-7-8)17-9-3-4-10(14)12(6-9)18-2/h3-7H,15H2,1-2H3,(H,16,17). The second-order valence-corrected chi connectivity index (χ2v) is 3.92. The minimum Gasteiger partial charge on any atom is -0.494 e. The molecule has 0 spiro atoms. The van der Waals surface area contributed by atoms with Crippen LogP contribution in [0, 0.1) is 12.7 Å². The predicted octanol–water partition coefficient (Wildman–Crippen LogP) is 2.86. The summed E-state index contributed by atoms with van der Waals surface area (Å²) in [4.78, 5) is 4.18. The number of aromatic nitrogens is 1. The van der Waals surface area contributed by atoms with E-state index in [0.717, 1.165) is 5.56 Å². The fourth-order valence-corrected chi connectivity index (χ4v) is 1.57. The number of anilines is 3. The number of hydrogen-bond donors (Lipinski definition) is 2. The van der Waals surface area contributed by atoms with Gasteiger partial charge in [-0.05, 0) is 30.7 Å². The Morgan fingerprint density at radius 1 is 1.33 bits per heavy atom. The molecule has 0 saturated carbocycles. The van der Waals surface area contributed by atoms with Crippen LogP contribution in [0.2, 0.25) is 0 Å². The lowest BCUT2D eigenvalue weighted by atomic mass is 10.2. The molecule has 0 radical (unpaired) electrons. The van der Waals surface area contributed by atoms with Crippen molar-refractivity contribution < 1.29 is 9.13 Å². The van der Waals surface area contributed by atoms with Gasteiger partial charge in [-0.1, -0.05) is 0 Å². The largest absolute Gasteiger partial charge is 0.494 e. The Kier molecular flexibility index (Phi) is 3.32. The average Bonchev–Trinajstić information content (AvgIpc) is 2.35. The normalized spacial score (nSPS) is 10.2. The summed E-state index contributed by atoms with van der Waals surface area (Å²) in [5, 5.41) is 3.02. The lowest BCUT2D eigenvalue weighted by Gasteiger charge is -2.10. The smallest absolute Gasteiger partial charge is 0.165 e. The number of aryl methyl sites for hydroxylation is 1. The maximum Gasteiger partial charge on any atom is 0.165 e. The van der Waals surface area contributed by atoms with Gasteiger partial charge in [-0.25, -0.2) is 9.37 Å². The van der Waals surface area contributed by atoms with Crippen LogP contribution in [0.3, 0.4) is 0 Å². The molecule has 1 aromatic carbocycles. The van der Waals surface area contributed by atoms with Crippen molar-refractivity contribution in [1.29, 1.82) is 0 Å². The third-order valence-corrected chi connectivity index (χ3v) is 2.47. The number of ether oxygens (including phenoxy) is 1. The van der Waals surface area contributed by atoms with Crippen molar-refractivity contribution in [3.8, 4) is 5.75 Å². The molecule has 2 rings (SSSR count). The summed E-state index contributed by atoms with van der Waals surface area (Å²) < 4.78 is 18.2. The Labute approximate surface area is 105 Å². The topological polar surface area (TPSA) is 60.2 Å². The maximum absolute atomic E-state index is 13.2. The summed E-state index contributed by atoms with van der Waals surface area (Å²) in [6.07, 6.45) is 1.71. The summed E-state index contributed by atoms with van der Waals surface area (Å²) >= 11 is 0. The highest BCUT2D eigenvalue weighted by atomic mass is 19.1. The van der Waals surface area contributed by atoms with Crippen LogP contribution in [-0.4, -0.2) is 12.1 Å². The summed E-state index contributed by atoms with van der Waals surface area (Å²) in [6, 6.07) is 6.29. The molecule has 0 bridgehead atoms. The van der Waals surface area contributed by atoms with E-state index in [1.807, 2.05) is 13.0 Å². The third kappa shape index (κ3) is 2.51. The summed E-state index contributed by atoms with van der Waals surface area (Å²) in [7, 11) is 1.42. The van der Waals surface area contributed by atoms with Gasteiger partial charge in [0.1, 0.15) is 0 Å². The lowest BCUT2D eigenvalue weighted by Crippen LogP contribution is -2.00. The molecule has 2 aromatic rings. The molecule has 5 heteroatoms. The molecule has 18 heavy (non-hydrogen) atoms. The number of pyridine rings is 1. The average molecular weight is 247 g/mol. The number of nitrogen functional groups attached to an aromatic ring is 1. The number of halogens is 1. The van der Waals surface area contributed by atoms with E-state index in [1.165, 1.54) is 13.2 Å². The molecule has 0 fully saturated rings. The molecule has 0 aliphatic rings. The molecule has 4 nitrogen and oxygen atoms in total. The van der Waals surface area contributed by atoms with Gasteiger partial charge in [0.2, 0.25) is 0 Å². The zero-order valence-electron chi connectivity index (χ0n) is 10.2. The van der Waals surface area contributed by atoms with Crippen LogP contribution in [0.25, 0.3) is 0 Å². The zero-order valence-corrected chi connectivity index (χ0v) is 10.2. The molecule has 0 aliphatic carbocycles. The van der Waals surface area contributed by atoms with Crippen molar-refractivity contribution in [2.24, 2.45) is 0 Å². The fourth-order valence-electron chi connectivity index (χ4n) is 1.57. The molecule has 94 valence electrons. The summed E-state index contributed by atoms with van der Waals surface area (Å²) in [5.74, 6) is 0.299. The molecular formula is C13H14FN3O. The van der Waals surface area contributed by atoms with Gasteiger partial charge in [0.05, 0.1) is 12.8 Å². The van der Waals surface area contributed by atoms with Gasteiger partial charge in [0.25, 0.3) is 0 Å². The van der Waals surface area contributed by atoms with Gasteiger partial charge in [0, 0.05) is 18.0 Å². The van der Waals surface area contributed by atoms with E-state index in [2.05, 4.69) is 10.3 Å². The fraction of sp³-hybridized carbons (Fsp3) is 0.154. The molecule has 0 atom stereocenters. The lowest BCUT2D eigenvalue weighted by molar-refractivity contribution is 0.387. The first-order valence-electron chi connectivity index (χ1n) is 5.43. The van der Waals surface area contributed by atoms with E-state index in [1.54, 1.807) is 18.3 Å². The third-order valence-electron chi connectivity index (χ3n) is 2.47. The van der Waals surface area contributed by atoms with Gasteiger partial charge in [-0.2, -0.15) is 0 Å². The minimum atomic E-state index is -0.409. The van der Waals surface area contributed by atoms with Crippen LogP contribution in [0.5, 0.6) is 5.75 Å². The Balaban J connectivity index is 2.28. The molecular weight excluding hydrogens is 233 g/mol. The van der Waals surface area contributed by atoms with Crippen LogP contribution < -0.4 is 15.8 Å². The number of hydrogen-bond acceptors (Lipinski definition) is 4. The Bertz CT molecular complexity index is 572. The highest BCUT2D eigenvalue weighted by molar-refractivity contribution is 5.69. The number of methoxy groups -OCH3 is 1. The van der Waals surface area contributed by atoms with Gasteiger partial charge in [0.15, 0.2) is 17.4 Å². The minimum absolute atomic E-state index is 0.172. The Hall–Kier alpha value is -2.30. The van der Waals surface area contributed by atoms with Crippen LogP contribution in [0.15, 0.2) is 30.5 Å². The first-order valence-corrected chi connectivity index (χ1v) is 5.43. The van der Waals surface area contributed by atoms with E-state index < -0.39 is 5.82 Å². The monoisotopic (exact) mass is 247 g/mol. The highest BCUT2D eigenvalue weighted by Gasteiger charge is 2.06. The number of nitrogens with two attached hydrogens (primary N) is 1. The summed E-state index contributed by atoms with van der Waals surface area (Å²) in [5.41, 5.74) is 8.02. The number of benzene rings is 1. The Morgan fingerprint density at radius 2 is 2.11 bits per heavy atom. The van der Waals surface area contributed by atoms with Crippen LogP contribution in [0.1, 0.15) is 5.56 Å². The van der Waals surface area contributed by atoms with Crippen LogP contribution in [0.4, 0.5) is 21.6 Å². The number of nitrogens with zero attached hydrogens (tertiary/aromatic N) is 1. The molecule has 1 heterocycles. The first-order chi connectivity index (χ1) is 8.60. The highest BCUT2D eigenvalue weighted by Crippen LogP contribution is 2.26. The van der Waals surface area contributed by atoms with Crippen molar-refractivity contribution in [1.82, 2.24) is 4.98 Å². The molecule has 1 aromatic heterocycles. The Morgan fingerprint density at radius 3 is 2.78 bits per heavy atom. The van der Waals surface area contributed by atoms with Gasteiger partial charge >= 0.3 is 0 Å². The predicted molar refractivity (Wildman–Crippen MR) is 69.6 cm³/mol. The SMILES string of the molecule is COc1cc(Nc2ncc(C)cc2N)ccc1F. The van der Waals surface area contributed by atoms with E-state index >= 15 is 0 Å². The molecule has 3 N–H and O–H groups in total. The second kappa shape index (κ2) is 4.91. The number of nitrogens with one attached hydrogen (secondary N) is 1. The van der Waals surface area contributed by atoms with Crippen molar-refractivity contribution in [3.63, 3.8) is 0 Å². The van der Waals surface area contributed by atoms with E-state index in [-0.39, 0.29) is 5.75 Å². The molecule has 0 amide bonds. The van der Waals surface area contributed by atoms with E-state index in [9.17, 15) is 4.39 Å². The maximum atomic E-state index is 13.2. The van der Waals surface area contributed by atoms with Gasteiger partial charge in [-0.3, -0.25) is 0 Å². The van der Waals surface area contributed by atoms with Crippen molar-refractivity contribution in [2.45, 2.75) is 6.92 Å². The van der Waals surface area contributed by atoms with Crippen LogP contribution >= 0.6 is 0 Å². The van der Waals surface area contributed by atoms with E-state index in [4.69, 9.17) is 10.5 Å². The molecule has 0 aliphatic heterocycles. The van der Waals surface area contributed by atoms with Gasteiger partial charge in [-0.15, -0.1) is 0 Å². The van der Waals surface area contributed by atoms with Crippen molar-refractivity contribution in [2.75, 3.05) is 18.2 Å². The quantitative estimate of drug-likeness (QED) is 0.875. The zero-order chi connectivity index (χ0) is 13.1. The molecule has 0 saturated heterocycles. The molecule has 0 unspecified atom stereocenters. The van der Waals surface area contributed by atoms with E-state index in [0.29, 0.717) is 17.2 Å². The second-order valence-electron chi connectivity index (χ2n) is 3.92. The van der Waals surface area contributed by atoms with Crippen LogP contribution in [-0.2, 0) is 0 Å². The summed E-state index contributed by atoms with van der Waals surface area (Å²) in [6.45, 7) is 1.91. The van der Waals surface area contributed by atoms with Crippen molar-refractivity contribution >= 4 is 17.2 Å². The first kappa shape index (κ1) is 12.2. The number of rotatable bonds is 3. The van der Waals surface area contributed by atoms with Crippen molar-refractivity contribution in [3.05, 3.63) is 41.8 Å². The van der Waals surface area contributed by atoms with Gasteiger partial charge < -0.3 is 15.8 Å².